The minimum absolute atomic E-state index is 0.0678. The summed E-state index contributed by atoms with van der Waals surface area (Å²) in [4.78, 5) is 45.4. The van der Waals surface area contributed by atoms with Gasteiger partial charge in [-0.2, -0.15) is 0 Å². The summed E-state index contributed by atoms with van der Waals surface area (Å²) in [6, 6.07) is 9.13. The van der Waals surface area contributed by atoms with E-state index in [9.17, 15) is 14.4 Å². The van der Waals surface area contributed by atoms with Gasteiger partial charge in [-0.15, -0.1) is 0 Å². The SMILES string of the molecule is CCOc1ccc(CN(C)C(=O)c2cnc3c(c2)c(=O)[nH]c(=O)n3C2CC2)cc1. The number of rotatable bonds is 6. The number of hydrogen-bond acceptors (Lipinski definition) is 5. The highest BCUT2D eigenvalue weighted by molar-refractivity contribution is 5.96. The van der Waals surface area contributed by atoms with Gasteiger partial charge in [0.05, 0.1) is 17.6 Å². The van der Waals surface area contributed by atoms with Gasteiger partial charge in [0, 0.05) is 25.8 Å². The fourth-order valence-corrected chi connectivity index (χ4v) is 3.35. The molecule has 0 unspecified atom stereocenters. The number of pyridine rings is 1. The van der Waals surface area contributed by atoms with Crippen molar-refractivity contribution in [3.63, 3.8) is 0 Å². The van der Waals surface area contributed by atoms with Gasteiger partial charge in [-0.1, -0.05) is 12.1 Å². The lowest BCUT2D eigenvalue weighted by molar-refractivity contribution is 0.0785. The number of nitrogens with one attached hydrogen (secondary N) is 1. The van der Waals surface area contributed by atoms with Gasteiger partial charge in [-0.05, 0) is 43.5 Å². The minimum Gasteiger partial charge on any atom is -0.494 e. The molecule has 2 heterocycles. The molecule has 1 N–H and O–H groups in total. The maximum absolute atomic E-state index is 12.9. The Labute approximate surface area is 166 Å². The van der Waals surface area contributed by atoms with Crippen molar-refractivity contribution in [2.45, 2.75) is 32.4 Å². The number of H-pyrrole nitrogens is 1. The fourth-order valence-electron chi connectivity index (χ4n) is 3.35. The average molecular weight is 394 g/mol. The lowest BCUT2D eigenvalue weighted by Gasteiger charge is -2.18. The summed E-state index contributed by atoms with van der Waals surface area (Å²) in [6.07, 6.45) is 3.19. The highest BCUT2D eigenvalue weighted by Gasteiger charge is 2.28. The molecule has 1 aliphatic rings. The molecule has 1 fully saturated rings. The number of amides is 1. The van der Waals surface area contributed by atoms with Crippen LogP contribution >= 0.6 is 0 Å². The first-order valence-electron chi connectivity index (χ1n) is 9.59. The molecule has 1 amide bonds. The highest BCUT2D eigenvalue weighted by Crippen LogP contribution is 2.34. The third-order valence-electron chi connectivity index (χ3n) is 4.94. The van der Waals surface area contributed by atoms with Crippen LogP contribution in [0.25, 0.3) is 11.0 Å². The molecular formula is C21H22N4O4. The van der Waals surface area contributed by atoms with Gasteiger partial charge in [-0.25, -0.2) is 9.78 Å². The van der Waals surface area contributed by atoms with E-state index in [0.29, 0.717) is 24.4 Å². The molecule has 3 aromatic rings. The van der Waals surface area contributed by atoms with Crippen molar-refractivity contribution in [1.29, 1.82) is 0 Å². The second kappa shape index (κ2) is 7.54. The average Bonchev–Trinajstić information content (AvgIpc) is 3.54. The summed E-state index contributed by atoms with van der Waals surface area (Å²) in [5.41, 5.74) is 0.602. The van der Waals surface area contributed by atoms with E-state index in [0.717, 1.165) is 24.2 Å². The topological polar surface area (TPSA) is 97.3 Å². The number of ether oxygens (including phenoxy) is 1. The van der Waals surface area contributed by atoms with E-state index in [1.807, 2.05) is 31.2 Å². The van der Waals surface area contributed by atoms with Crippen LogP contribution in [0, 0.1) is 0 Å². The molecule has 0 saturated heterocycles. The Morgan fingerprint density at radius 3 is 2.66 bits per heavy atom. The highest BCUT2D eigenvalue weighted by atomic mass is 16.5. The molecule has 29 heavy (non-hydrogen) atoms. The van der Waals surface area contributed by atoms with Crippen LogP contribution in [0.5, 0.6) is 5.75 Å². The van der Waals surface area contributed by atoms with E-state index < -0.39 is 11.2 Å². The normalized spacial score (nSPS) is 13.4. The van der Waals surface area contributed by atoms with Crippen molar-refractivity contribution in [3.8, 4) is 5.75 Å². The number of nitrogens with zero attached hydrogens (tertiary/aromatic N) is 3. The van der Waals surface area contributed by atoms with Crippen LogP contribution in [-0.4, -0.2) is 39.0 Å². The number of aromatic nitrogens is 3. The van der Waals surface area contributed by atoms with Crippen LogP contribution in [0.2, 0.25) is 0 Å². The number of fused-ring (bicyclic) bond motifs is 1. The van der Waals surface area contributed by atoms with E-state index in [2.05, 4.69) is 9.97 Å². The molecule has 150 valence electrons. The van der Waals surface area contributed by atoms with Gasteiger partial charge in [0.2, 0.25) is 0 Å². The Bertz CT molecular complexity index is 1180. The molecule has 0 atom stereocenters. The van der Waals surface area contributed by atoms with Gasteiger partial charge < -0.3 is 9.64 Å². The molecule has 0 bridgehead atoms. The largest absolute Gasteiger partial charge is 0.494 e. The van der Waals surface area contributed by atoms with Crippen LogP contribution in [0.1, 0.15) is 41.7 Å². The maximum atomic E-state index is 12.9. The standard InChI is InChI=1S/C21H22N4O4/c1-3-29-16-8-4-13(5-9-16)12-24(2)20(27)14-10-17-18(22-11-14)25(15-6-7-15)21(28)23-19(17)26/h4-5,8-11,15H,3,6-7,12H2,1-2H3,(H,23,26,28). The molecule has 1 saturated carbocycles. The van der Waals surface area contributed by atoms with Gasteiger partial charge in [0.25, 0.3) is 11.5 Å². The molecule has 0 aliphatic heterocycles. The van der Waals surface area contributed by atoms with Gasteiger partial charge >= 0.3 is 5.69 Å². The van der Waals surface area contributed by atoms with Crippen molar-refractivity contribution in [3.05, 3.63) is 68.5 Å². The van der Waals surface area contributed by atoms with Gasteiger partial charge in [0.15, 0.2) is 0 Å². The van der Waals surface area contributed by atoms with Crippen LogP contribution in [0.15, 0.2) is 46.1 Å². The zero-order valence-corrected chi connectivity index (χ0v) is 16.3. The molecule has 8 nitrogen and oxygen atoms in total. The minimum atomic E-state index is -0.529. The molecule has 1 aromatic carbocycles. The number of benzene rings is 1. The van der Waals surface area contributed by atoms with Crippen LogP contribution < -0.4 is 16.0 Å². The first kappa shape index (κ1) is 18.9. The molecular weight excluding hydrogens is 372 g/mol. The van der Waals surface area contributed by atoms with Crippen LogP contribution in [0.4, 0.5) is 0 Å². The van der Waals surface area contributed by atoms with E-state index in [4.69, 9.17) is 4.74 Å². The predicted molar refractivity (Wildman–Crippen MR) is 108 cm³/mol. The maximum Gasteiger partial charge on any atom is 0.330 e. The number of carbonyl (C=O) groups excluding carboxylic acids is 1. The second-order valence-electron chi connectivity index (χ2n) is 7.19. The molecule has 8 heteroatoms. The Kier molecular flexibility index (Phi) is 4.92. The van der Waals surface area contributed by atoms with Crippen molar-refractivity contribution < 1.29 is 9.53 Å². The quantitative estimate of drug-likeness (QED) is 0.690. The number of hydrogen-bond donors (Lipinski definition) is 1. The van der Waals surface area contributed by atoms with Crippen molar-refractivity contribution >= 4 is 16.9 Å². The monoisotopic (exact) mass is 394 g/mol. The lowest BCUT2D eigenvalue weighted by Crippen LogP contribution is -2.31. The van der Waals surface area contributed by atoms with E-state index in [1.54, 1.807) is 11.9 Å². The first-order chi connectivity index (χ1) is 14.0. The van der Waals surface area contributed by atoms with Crippen molar-refractivity contribution in [2.24, 2.45) is 0 Å². The summed E-state index contributed by atoms with van der Waals surface area (Å²) >= 11 is 0. The molecule has 2 aromatic heterocycles. The van der Waals surface area contributed by atoms with E-state index in [-0.39, 0.29) is 17.3 Å². The summed E-state index contributed by atoms with van der Waals surface area (Å²) in [7, 11) is 1.69. The molecule has 0 spiro atoms. The van der Waals surface area contributed by atoms with Crippen LogP contribution in [0.3, 0.4) is 0 Å². The summed E-state index contributed by atoms with van der Waals surface area (Å²) in [5, 5.41) is 0.247. The zero-order chi connectivity index (χ0) is 20.5. The third kappa shape index (κ3) is 3.78. The molecule has 4 rings (SSSR count). The third-order valence-corrected chi connectivity index (χ3v) is 4.94. The molecule has 0 radical (unpaired) electrons. The van der Waals surface area contributed by atoms with E-state index in [1.165, 1.54) is 16.8 Å². The van der Waals surface area contributed by atoms with Gasteiger partial charge in [-0.3, -0.25) is 19.1 Å². The second-order valence-corrected chi connectivity index (χ2v) is 7.19. The number of carbonyl (C=O) groups is 1. The number of aromatic amines is 1. The predicted octanol–water partition coefficient (Wildman–Crippen LogP) is 2.09. The Hall–Kier alpha value is -3.42. The van der Waals surface area contributed by atoms with Gasteiger partial charge in [0.1, 0.15) is 11.4 Å². The Balaban J connectivity index is 1.59. The summed E-state index contributed by atoms with van der Waals surface area (Å²) in [5.74, 6) is 0.529. The van der Waals surface area contributed by atoms with Crippen molar-refractivity contribution in [1.82, 2.24) is 19.4 Å². The Morgan fingerprint density at radius 2 is 2.00 bits per heavy atom. The Morgan fingerprint density at radius 1 is 1.28 bits per heavy atom. The van der Waals surface area contributed by atoms with Crippen LogP contribution in [-0.2, 0) is 6.54 Å². The smallest absolute Gasteiger partial charge is 0.330 e. The molecule has 1 aliphatic carbocycles. The first-order valence-corrected chi connectivity index (χ1v) is 9.59. The lowest BCUT2D eigenvalue weighted by atomic mass is 10.1. The summed E-state index contributed by atoms with van der Waals surface area (Å²) < 4.78 is 6.94. The van der Waals surface area contributed by atoms with E-state index >= 15 is 0 Å². The van der Waals surface area contributed by atoms with Crippen molar-refractivity contribution in [2.75, 3.05) is 13.7 Å². The zero-order valence-electron chi connectivity index (χ0n) is 16.3. The fraction of sp³-hybridized carbons (Fsp3) is 0.333. The summed E-state index contributed by atoms with van der Waals surface area (Å²) in [6.45, 7) is 2.93.